The van der Waals surface area contributed by atoms with Crippen molar-refractivity contribution in [2.24, 2.45) is 0 Å². The van der Waals surface area contributed by atoms with Crippen LogP contribution in [-0.2, 0) is 0 Å². The van der Waals surface area contributed by atoms with Gasteiger partial charge in [0.05, 0.1) is 6.10 Å². The van der Waals surface area contributed by atoms with Crippen LogP contribution in [0.2, 0.25) is 0 Å². The number of fused-ring (bicyclic) bond motifs is 2. The van der Waals surface area contributed by atoms with Gasteiger partial charge in [-0.1, -0.05) is 0 Å². The van der Waals surface area contributed by atoms with Crippen LogP contribution in [0.25, 0.3) is 0 Å². The van der Waals surface area contributed by atoms with E-state index in [1.807, 2.05) is 0 Å². The van der Waals surface area contributed by atoms with Gasteiger partial charge >= 0.3 is 29.6 Å². The van der Waals surface area contributed by atoms with Gasteiger partial charge in [-0.25, -0.2) is 0 Å². The van der Waals surface area contributed by atoms with Crippen molar-refractivity contribution in [1.29, 1.82) is 0 Å². The normalized spacial score (nSPS) is 43.6. The summed E-state index contributed by atoms with van der Waals surface area (Å²) < 4.78 is 0. The number of piperidine rings is 1. The molecule has 2 saturated heterocycles. The van der Waals surface area contributed by atoms with Crippen LogP contribution in [0.4, 0.5) is 0 Å². The summed E-state index contributed by atoms with van der Waals surface area (Å²) in [6, 6.07) is 1.38. The Hall–Kier alpha value is 0.920. The first-order chi connectivity index (χ1) is 4.77. The first kappa shape index (κ1) is 10.0. The molecule has 2 bridgehead atoms. The third-order valence-electron chi connectivity index (χ3n) is 3.07. The third kappa shape index (κ3) is 1.81. The summed E-state index contributed by atoms with van der Waals surface area (Å²) in [6.07, 6.45) is 4.62. The zero-order chi connectivity index (χ0) is 7.14. The first-order valence-corrected chi connectivity index (χ1v) is 4.17. The van der Waals surface area contributed by atoms with E-state index in [1.54, 1.807) is 0 Å². The number of rotatable bonds is 0. The maximum atomic E-state index is 9.38. The molecule has 2 aliphatic heterocycles. The van der Waals surface area contributed by atoms with Crippen LogP contribution < -0.4 is 0 Å². The molecule has 2 rings (SSSR count). The molecule has 2 heterocycles. The van der Waals surface area contributed by atoms with Crippen molar-refractivity contribution in [3.63, 3.8) is 0 Å². The maximum absolute atomic E-state index is 9.38. The van der Waals surface area contributed by atoms with Gasteiger partial charge in [0, 0.05) is 12.1 Å². The van der Waals surface area contributed by atoms with Gasteiger partial charge in [0.2, 0.25) is 0 Å². The number of aliphatic hydroxyl groups excluding tert-OH is 1. The minimum atomic E-state index is -0.00583. The van der Waals surface area contributed by atoms with Gasteiger partial charge in [0.25, 0.3) is 0 Å². The van der Waals surface area contributed by atoms with Gasteiger partial charge in [-0.05, 0) is 32.7 Å². The molecule has 2 atom stereocenters. The summed E-state index contributed by atoms with van der Waals surface area (Å²) in [7, 11) is 2.19. The predicted molar refractivity (Wildman–Crippen MR) is 47.0 cm³/mol. The molecule has 0 aromatic rings. The molecular weight excluding hydrogens is 149 g/mol. The van der Waals surface area contributed by atoms with Gasteiger partial charge in [0.15, 0.2) is 0 Å². The van der Waals surface area contributed by atoms with E-state index in [1.165, 1.54) is 12.8 Å². The van der Waals surface area contributed by atoms with Crippen molar-refractivity contribution in [3.8, 4) is 0 Å². The molecule has 11 heavy (non-hydrogen) atoms. The molecule has 0 aliphatic carbocycles. The quantitative estimate of drug-likeness (QED) is 0.509. The van der Waals surface area contributed by atoms with E-state index in [2.05, 4.69) is 11.9 Å². The fourth-order valence-corrected chi connectivity index (χ4v) is 2.38. The SMILES string of the molecule is CN1C2CCC1CC(O)C2.[NaH]. The van der Waals surface area contributed by atoms with Gasteiger partial charge in [-0.2, -0.15) is 0 Å². The molecule has 0 aromatic carbocycles. The first-order valence-electron chi connectivity index (χ1n) is 4.17. The Labute approximate surface area is 90.2 Å². The van der Waals surface area contributed by atoms with E-state index in [-0.39, 0.29) is 35.7 Å². The number of hydrogen-bond donors (Lipinski definition) is 1. The van der Waals surface area contributed by atoms with Crippen molar-refractivity contribution in [1.82, 2.24) is 4.90 Å². The molecule has 0 aromatic heterocycles. The van der Waals surface area contributed by atoms with Crippen LogP contribution in [0.3, 0.4) is 0 Å². The molecule has 0 saturated carbocycles. The Morgan fingerprint density at radius 1 is 1.18 bits per heavy atom. The van der Waals surface area contributed by atoms with Crippen LogP contribution in [0.1, 0.15) is 25.7 Å². The summed E-state index contributed by atoms with van der Waals surface area (Å²) in [4.78, 5) is 2.44. The van der Waals surface area contributed by atoms with E-state index < -0.39 is 0 Å². The van der Waals surface area contributed by atoms with E-state index in [4.69, 9.17) is 0 Å². The van der Waals surface area contributed by atoms with Gasteiger partial charge in [0.1, 0.15) is 0 Å². The summed E-state index contributed by atoms with van der Waals surface area (Å²) in [6.45, 7) is 0. The van der Waals surface area contributed by atoms with E-state index in [0.29, 0.717) is 12.1 Å². The van der Waals surface area contributed by atoms with E-state index in [0.717, 1.165) is 12.8 Å². The molecule has 1 N–H and O–H groups in total. The molecule has 2 unspecified atom stereocenters. The zero-order valence-electron chi connectivity index (χ0n) is 6.45. The van der Waals surface area contributed by atoms with Crippen LogP contribution in [0, 0.1) is 0 Å². The van der Waals surface area contributed by atoms with Crippen LogP contribution in [0.5, 0.6) is 0 Å². The van der Waals surface area contributed by atoms with Gasteiger partial charge < -0.3 is 10.0 Å². The standard InChI is InChI=1S/C8H15NO.Na.H/c1-9-6-2-3-7(9)5-8(10)4-6;;/h6-8,10H,2-5H2,1H3;;. The summed E-state index contributed by atoms with van der Waals surface area (Å²) >= 11 is 0. The van der Waals surface area contributed by atoms with Gasteiger partial charge in [-0.15, -0.1) is 0 Å². The number of nitrogens with zero attached hydrogens (tertiary/aromatic N) is 1. The Kier molecular flexibility index (Phi) is 3.41. The number of aliphatic hydroxyl groups is 1. The Morgan fingerprint density at radius 3 is 2.09 bits per heavy atom. The van der Waals surface area contributed by atoms with Crippen molar-refractivity contribution < 1.29 is 5.11 Å². The molecule has 2 nitrogen and oxygen atoms in total. The topological polar surface area (TPSA) is 23.5 Å². The van der Waals surface area contributed by atoms with Crippen LogP contribution in [-0.4, -0.2) is 64.8 Å². The second-order valence-corrected chi connectivity index (χ2v) is 3.68. The summed E-state index contributed by atoms with van der Waals surface area (Å²) in [5.41, 5.74) is 0. The Morgan fingerprint density at radius 2 is 1.64 bits per heavy atom. The fraction of sp³-hybridized carbons (Fsp3) is 1.00. The number of hydrogen-bond acceptors (Lipinski definition) is 2. The minimum absolute atomic E-state index is 0. The zero-order valence-corrected chi connectivity index (χ0v) is 6.45. The molecule has 2 aliphatic rings. The van der Waals surface area contributed by atoms with E-state index >= 15 is 0 Å². The fourth-order valence-electron chi connectivity index (χ4n) is 2.38. The molecule has 0 amide bonds. The van der Waals surface area contributed by atoms with Crippen molar-refractivity contribution in [2.45, 2.75) is 43.9 Å². The molecular formula is C8H16NNaO. The average Bonchev–Trinajstić information content (AvgIpc) is 2.20. The van der Waals surface area contributed by atoms with Crippen molar-refractivity contribution in [2.75, 3.05) is 7.05 Å². The molecule has 3 heteroatoms. The second kappa shape index (κ2) is 3.75. The predicted octanol–water partition coefficient (Wildman–Crippen LogP) is -0.0446. The molecule has 60 valence electrons. The summed E-state index contributed by atoms with van der Waals surface area (Å²) in [5.74, 6) is 0. The Bertz CT molecular complexity index is 128. The second-order valence-electron chi connectivity index (χ2n) is 3.68. The van der Waals surface area contributed by atoms with Crippen LogP contribution in [0.15, 0.2) is 0 Å². The average molecular weight is 165 g/mol. The third-order valence-corrected chi connectivity index (χ3v) is 3.07. The summed E-state index contributed by atoms with van der Waals surface area (Å²) in [5, 5.41) is 9.38. The van der Waals surface area contributed by atoms with Crippen LogP contribution >= 0.6 is 0 Å². The van der Waals surface area contributed by atoms with Crippen molar-refractivity contribution >= 4 is 29.6 Å². The van der Waals surface area contributed by atoms with Crippen molar-refractivity contribution in [3.05, 3.63) is 0 Å². The monoisotopic (exact) mass is 165 g/mol. The molecule has 0 radical (unpaired) electrons. The van der Waals surface area contributed by atoms with Gasteiger partial charge in [-0.3, -0.25) is 0 Å². The molecule has 0 spiro atoms. The van der Waals surface area contributed by atoms with E-state index in [9.17, 15) is 5.11 Å². The molecule has 2 fully saturated rings. The Balaban J connectivity index is 0.000000605.